The first kappa shape index (κ1) is 31.5. The lowest BCUT2D eigenvalue weighted by Crippen LogP contribution is -2.33. The summed E-state index contributed by atoms with van der Waals surface area (Å²) in [6.45, 7) is 2.20. The number of anilines is 2. The third-order valence-electron chi connectivity index (χ3n) is 6.82. The molecule has 1 aliphatic heterocycles. The molecule has 2 aliphatic rings. The molecule has 3 aromatic carbocycles. The van der Waals surface area contributed by atoms with Gasteiger partial charge in [-0.1, -0.05) is 12.1 Å². The fraction of sp³-hybridized carbons (Fsp3) is 0.194. The van der Waals surface area contributed by atoms with E-state index in [4.69, 9.17) is 30.6 Å². The summed E-state index contributed by atoms with van der Waals surface area (Å²) in [5.74, 6) is -0.111. The van der Waals surface area contributed by atoms with E-state index in [0.717, 1.165) is 5.52 Å². The number of nitro groups is 2. The lowest BCUT2D eigenvalue weighted by molar-refractivity contribution is -0.385. The smallest absolute Gasteiger partial charge is 0.269 e. The van der Waals surface area contributed by atoms with E-state index in [0.29, 0.717) is 78.8 Å². The van der Waals surface area contributed by atoms with Crippen molar-refractivity contribution in [2.24, 2.45) is 10.7 Å². The first-order valence-corrected chi connectivity index (χ1v) is 14.3. The number of benzene rings is 4. The number of nitrogens with one attached hydrogen (secondary N) is 3. The Hall–Kier alpha value is -5.93. The predicted molar refractivity (Wildman–Crippen MR) is 173 cm³/mol. The van der Waals surface area contributed by atoms with Crippen LogP contribution in [0.3, 0.4) is 0 Å². The summed E-state index contributed by atoms with van der Waals surface area (Å²) in [4.78, 5) is 31.3. The number of fused-ring (bicyclic) bond motifs is 2. The van der Waals surface area contributed by atoms with Crippen molar-refractivity contribution in [2.45, 2.75) is 0 Å². The minimum atomic E-state index is -0.458. The van der Waals surface area contributed by atoms with Crippen LogP contribution in [0.5, 0.6) is 0 Å². The second kappa shape index (κ2) is 14.7. The van der Waals surface area contributed by atoms with Crippen molar-refractivity contribution in [3.63, 3.8) is 0 Å². The monoisotopic (exact) mass is 625 g/mol. The second-order valence-corrected chi connectivity index (χ2v) is 9.94. The molecule has 15 heteroatoms. The molecule has 5 N–H and O–H groups in total. The average Bonchev–Trinajstić information content (AvgIpc) is 3.05. The molecule has 0 atom stereocenters. The van der Waals surface area contributed by atoms with Crippen molar-refractivity contribution >= 4 is 39.7 Å². The van der Waals surface area contributed by atoms with Gasteiger partial charge in [-0.05, 0) is 48.5 Å². The summed E-state index contributed by atoms with van der Waals surface area (Å²) in [7, 11) is 0. The average molecular weight is 626 g/mol. The van der Waals surface area contributed by atoms with Crippen molar-refractivity contribution in [3.8, 4) is 17.1 Å². The van der Waals surface area contributed by atoms with Crippen LogP contribution in [0, 0.1) is 25.6 Å². The highest BCUT2D eigenvalue weighted by Gasteiger charge is 2.17. The van der Waals surface area contributed by atoms with E-state index in [2.05, 4.69) is 10.6 Å². The van der Waals surface area contributed by atoms with E-state index >= 15 is 0 Å². The minimum absolute atomic E-state index is 0.0181. The number of nitro benzene ring substituents is 2. The lowest BCUT2D eigenvalue weighted by atomic mass is 10.1. The van der Waals surface area contributed by atoms with Crippen molar-refractivity contribution < 1.29 is 19.3 Å². The van der Waals surface area contributed by atoms with Crippen LogP contribution in [0.1, 0.15) is 0 Å². The van der Waals surface area contributed by atoms with Gasteiger partial charge in [0, 0.05) is 42.2 Å². The largest absolute Gasteiger partial charge is 0.377 e. The van der Waals surface area contributed by atoms with Crippen LogP contribution < -0.4 is 21.7 Å². The van der Waals surface area contributed by atoms with Gasteiger partial charge in [0.2, 0.25) is 0 Å². The van der Waals surface area contributed by atoms with E-state index in [1.54, 1.807) is 24.3 Å². The summed E-state index contributed by atoms with van der Waals surface area (Å²) >= 11 is 0. The van der Waals surface area contributed by atoms with Gasteiger partial charge in [0.15, 0.2) is 5.96 Å². The number of hydrogen-bond acceptors (Lipinski definition) is 10. The normalized spacial score (nSPS) is 11.5. The van der Waals surface area contributed by atoms with Crippen LogP contribution in [0.25, 0.3) is 28.1 Å². The van der Waals surface area contributed by atoms with Crippen molar-refractivity contribution in [1.29, 1.82) is 5.41 Å². The van der Waals surface area contributed by atoms with Gasteiger partial charge in [-0.15, -0.1) is 0 Å². The molecule has 1 aliphatic carbocycles. The zero-order valence-electron chi connectivity index (χ0n) is 24.6. The highest BCUT2D eigenvalue weighted by atomic mass is 16.6. The molecule has 0 saturated carbocycles. The Morgan fingerprint density at radius 3 is 2.22 bits per heavy atom. The van der Waals surface area contributed by atoms with E-state index < -0.39 is 9.85 Å². The zero-order valence-corrected chi connectivity index (χ0v) is 24.6. The Morgan fingerprint density at radius 1 is 0.891 bits per heavy atom. The number of non-ortho nitro benzene ring substituents is 2. The highest BCUT2D eigenvalue weighted by molar-refractivity contribution is 5.84. The fourth-order valence-electron chi connectivity index (χ4n) is 4.71. The minimum Gasteiger partial charge on any atom is -0.377 e. The van der Waals surface area contributed by atoms with Gasteiger partial charge in [-0.3, -0.25) is 30.6 Å². The van der Waals surface area contributed by atoms with Gasteiger partial charge >= 0.3 is 0 Å². The number of hydrogen-bond donors (Lipinski definition) is 4. The van der Waals surface area contributed by atoms with Crippen molar-refractivity contribution in [3.05, 3.63) is 111 Å². The van der Waals surface area contributed by atoms with Crippen LogP contribution >= 0.6 is 0 Å². The topological polar surface area (TPSA) is 209 Å². The first-order chi connectivity index (χ1) is 22.3. The summed E-state index contributed by atoms with van der Waals surface area (Å²) < 4.78 is 13.1. The number of nitrogens with two attached hydrogens (primary N) is 1. The van der Waals surface area contributed by atoms with Crippen molar-refractivity contribution in [2.75, 3.05) is 44.8 Å². The second-order valence-electron chi connectivity index (χ2n) is 9.94. The summed E-state index contributed by atoms with van der Waals surface area (Å²) in [5.41, 5.74) is 10.0. The van der Waals surface area contributed by atoms with Gasteiger partial charge in [0.1, 0.15) is 0 Å². The van der Waals surface area contributed by atoms with Crippen LogP contribution in [0.2, 0.25) is 0 Å². The predicted octanol–water partition coefficient (Wildman–Crippen LogP) is 4.11. The Morgan fingerprint density at radius 2 is 1.54 bits per heavy atom. The van der Waals surface area contributed by atoms with Crippen LogP contribution in [0.4, 0.5) is 22.7 Å². The standard InChI is InChI=1S/C31H31N9O6/c32-31(33)35-14-16-46-18-17-45-15-13-34-26-20-30-28(19-27(26)36-21-5-7-23(8-6-21)39(41)42)37-25-3-1-2-4-29(25)38(30)22-9-11-24(12-10-22)40(43)44/h1-12,19-20,36H,13-18H2,(H4,32,33,35)/b34-26+. The Balaban J connectivity index is 1.49. The molecule has 0 fully saturated rings. The van der Waals surface area contributed by atoms with Crippen LogP contribution in [0.15, 0.2) is 89.9 Å². The van der Waals surface area contributed by atoms with Crippen LogP contribution in [-0.4, -0.2) is 64.9 Å². The molecular formula is C31H31N9O6. The van der Waals surface area contributed by atoms with Gasteiger partial charge in [-0.2, -0.15) is 0 Å². The molecule has 0 radical (unpaired) electrons. The molecule has 0 spiro atoms. The number of guanidine groups is 1. The Bertz CT molecular complexity index is 1890. The Labute approximate surface area is 262 Å². The number of aromatic nitrogens is 2. The lowest BCUT2D eigenvalue weighted by Gasteiger charge is -2.20. The molecule has 46 heavy (non-hydrogen) atoms. The number of rotatable bonds is 14. The summed E-state index contributed by atoms with van der Waals surface area (Å²) in [5, 5.41) is 36.2. The fourth-order valence-corrected chi connectivity index (χ4v) is 4.71. The number of para-hydroxylation sites is 2. The molecule has 0 saturated heterocycles. The number of ether oxygens (including phenoxy) is 2. The van der Waals surface area contributed by atoms with Gasteiger partial charge in [0.05, 0.1) is 76.3 Å². The van der Waals surface area contributed by atoms with E-state index in [1.165, 1.54) is 24.3 Å². The zero-order chi connectivity index (χ0) is 32.5. The molecule has 3 aromatic rings. The van der Waals surface area contributed by atoms with E-state index in [1.807, 2.05) is 41.0 Å². The maximum atomic E-state index is 11.3. The first-order valence-electron chi connectivity index (χ1n) is 14.3. The summed E-state index contributed by atoms with van der Waals surface area (Å²) in [6, 6.07) is 23.7. The molecule has 0 unspecified atom stereocenters. The molecule has 0 bridgehead atoms. The van der Waals surface area contributed by atoms with Gasteiger partial charge < -0.3 is 30.4 Å². The molecule has 5 rings (SSSR count). The number of nitrogens with zero attached hydrogens (tertiary/aromatic N) is 5. The van der Waals surface area contributed by atoms with E-state index in [-0.39, 0.29) is 17.3 Å². The van der Waals surface area contributed by atoms with E-state index in [9.17, 15) is 20.2 Å². The third kappa shape index (κ3) is 7.77. The molecule has 0 amide bonds. The van der Waals surface area contributed by atoms with Crippen molar-refractivity contribution in [1.82, 2.24) is 14.9 Å². The van der Waals surface area contributed by atoms with Gasteiger partial charge in [-0.25, -0.2) is 4.98 Å². The summed E-state index contributed by atoms with van der Waals surface area (Å²) in [6.07, 6.45) is 0. The molecular weight excluding hydrogens is 594 g/mol. The highest BCUT2D eigenvalue weighted by Crippen LogP contribution is 2.31. The molecule has 236 valence electrons. The SMILES string of the molecule is N=C(N)NCCOCCOCC/N=c1\cc2n(-c3ccc([N+](=O)[O-])cc3)c3ccccc3nc-2cc1Nc1ccc([N+](=O)[O-])cc1. The Kier molecular flexibility index (Phi) is 10.1. The quantitative estimate of drug-likeness (QED) is 0.0346. The maximum absolute atomic E-state index is 11.3. The van der Waals surface area contributed by atoms with Gasteiger partial charge in [0.25, 0.3) is 11.4 Å². The maximum Gasteiger partial charge on any atom is 0.269 e. The molecule has 1 heterocycles. The molecule has 15 nitrogen and oxygen atoms in total. The molecule has 0 aromatic heterocycles. The van der Waals surface area contributed by atoms with Crippen LogP contribution in [-0.2, 0) is 9.47 Å². The third-order valence-corrected chi connectivity index (χ3v) is 6.82.